The van der Waals surface area contributed by atoms with Crippen molar-refractivity contribution >= 4 is 35.9 Å². The van der Waals surface area contributed by atoms with Gasteiger partial charge in [-0.2, -0.15) is 0 Å². The molecule has 1 N–H and O–H groups in total. The average molecular weight is 422 g/mol. The molecule has 1 heterocycles. The smallest absolute Gasteiger partial charge is 0.357 e. The molecule has 0 spiro atoms. The minimum atomic E-state index is -3.74. The second-order valence-corrected chi connectivity index (χ2v) is 8.49. The molecule has 8 heteroatoms. The van der Waals surface area contributed by atoms with E-state index >= 15 is 0 Å². The third-order valence-electron chi connectivity index (χ3n) is 4.08. The zero-order valence-electron chi connectivity index (χ0n) is 15.6. The van der Waals surface area contributed by atoms with E-state index in [1.54, 1.807) is 62.4 Å². The molecule has 1 aromatic heterocycles. The summed E-state index contributed by atoms with van der Waals surface area (Å²) in [6.07, 6.45) is 1.31. The van der Waals surface area contributed by atoms with Gasteiger partial charge in [-0.25, -0.2) is 0 Å². The Morgan fingerprint density at radius 2 is 1.71 bits per heavy atom. The van der Waals surface area contributed by atoms with Gasteiger partial charge in [-0.15, -0.1) is 0 Å². The summed E-state index contributed by atoms with van der Waals surface area (Å²) in [5, 5.41) is 4.06. The van der Waals surface area contributed by atoms with Crippen molar-refractivity contribution in [3.05, 3.63) is 75.6 Å². The molecular formula is C20H21ClNO5P. The number of anilines is 1. The SMILES string of the molecule is CCOP(=O)(OCC)C(Nc1ccc(Cl)cc1)c1coc2ccccc2c1=O. The van der Waals surface area contributed by atoms with Crippen LogP contribution in [0.15, 0.2) is 64.0 Å². The zero-order chi connectivity index (χ0) is 20.1. The van der Waals surface area contributed by atoms with Crippen LogP contribution in [0.4, 0.5) is 5.69 Å². The van der Waals surface area contributed by atoms with Gasteiger partial charge in [0.05, 0.1) is 24.2 Å². The predicted molar refractivity (Wildman–Crippen MR) is 111 cm³/mol. The van der Waals surface area contributed by atoms with Crippen LogP contribution in [0.1, 0.15) is 25.2 Å². The quantitative estimate of drug-likeness (QED) is 0.461. The Balaban J connectivity index is 2.15. The van der Waals surface area contributed by atoms with Gasteiger partial charge in [0.25, 0.3) is 0 Å². The summed E-state index contributed by atoms with van der Waals surface area (Å²) in [5.41, 5.74) is 0.928. The summed E-state index contributed by atoms with van der Waals surface area (Å²) in [7, 11) is -3.74. The maximum Gasteiger partial charge on any atom is 0.357 e. The maximum absolute atomic E-state index is 13.6. The highest BCUT2D eigenvalue weighted by Crippen LogP contribution is 2.60. The van der Waals surface area contributed by atoms with Gasteiger partial charge in [-0.05, 0) is 50.2 Å². The molecule has 0 saturated carbocycles. The van der Waals surface area contributed by atoms with E-state index in [1.807, 2.05) is 0 Å². The summed E-state index contributed by atoms with van der Waals surface area (Å²) in [5.74, 6) is -1.05. The standard InChI is InChI=1S/C20H21ClNO5P/c1-3-26-28(24,27-4-2)20(22-15-11-9-14(21)10-12-15)17-13-25-18-8-6-5-7-16(18)19(17)23/h5-13,20,22H,3-4H2,1-2H3. The molecule has 3 rings (SSSR count). The molecule has 3 aromatic rings. The van der Waals surface area contributed by atoms with E-state index in [9.17, 15) is 9.36 Å². The predicted octanol–water partition coefficient (Wildman–Crippen LogP) is 5.82. The van der Waals surface area contributed by atoms with Crippen LogP contribution in [-0.4, -0.2) is 13.2 Å². The lowest BCUT2D eigenvalue weighted by Gasteiger charge is -2.27. The molecule has 6 nitrogen and oxygen atoms in total. The van der Waals surface area contributed by atoms with E-state index in [4.69, 9.17) is 25.1 Å². The summed E-state index contributed by atoms with van der Waals surface area (Å²) in [6.45, 7) is 3.76. The highest BCUT2D eigenvalue weighted by atomic mass is 35.5. The van der Waals surface area contributed by atoms with E-state index in [0.717, 1.165) is 0 Å². The number of fused-ring (bicyclic) bond motifs is 1. The Morgan fingerprint density at radius 3 is 2.36 bits per heavy atom. The van der Waals surface area contributed by atoms with Gasteiger partial charge in [0, 0.05) is 10.7 Å². The second kappa shape index (κ2) is 8.93. The van der Waals surface area contributed by atoms with E-state index < -0.39 is 13.4 Å². The molecule has 0 bridgehead atoms. The molecule has 0 amide bonds. The van der Waals surface area contributed by atoms with Gasteiger partial charge in [0.15, 0.2) is 11.2 Å². The average Bonchev–Trinajstić information content (AvgIpc) is 2.69. The number of nitrogens with one attached hydrogen (secondary N) is 1. The fourth-order valence-corrected chi connectivity index (χ4v) is 4.90. The minimum Gasteiger partial charge on any atom is -0.464 e. The molecule has 0 radical (unpaired) electrons. The molecule has 2 aromatic carbocycles. The fraction of sp³-hybridized carbons (Fsp3) is 0.250. The van der Waals surface area contributed by atoms with Gasteiger partial charge in [0.2, 0.25) is 0 Å². The normalized spacial score (nSPS) is 12.8. The first-order chi connectivity index (χ1) is 13.5. The summed E-state index contributed by atoms with van der Waals surface area (Å²) in [4.78, 5) is 13.1. The fourth-order valence-electron chi connectivity index (χ4n) is 2.86. The molecule has 0 aliphatic rings. The van der Waals surface area contributed by atoms with Crippen molar-refractivity contribution in [1.82, 2.24) is 0 Å². The monoisotopic (exact) mass is 421 g/mol. The molecule has 28 heavy (non-hydrogen) atoms. The van der Waals surface area contributed by atoms with Crippen molar-refractivity contribution < 1.29 is 18.0 Å². The summed E-state index contributed by atoms with van der Waals surface area (Å²) in [6, 6.07) is 13.7. The molecule has 0 aliphatic carbocycles. The zero-order valence-corrected chi connectivity index (χ0v) is 17.2. The Labute approximate surface area is 168 Å². The molecule has 0 saturated heterocycles. The van der Waals surface area contributed by atoms with E-state index in [1.165, 1.54) is 6.26 Å². The molecule has 148 valence electrons. The third-order valence-corrected chi connectivity index (χ3v) is 6.61. The van der Waals surface area contributed by atoms with Crippen molar-refractivity contribution in [3.8, 4) is 0 Å². The second-order valence-electron chi connectivity index (χ2n) is 5.95. The van der Waals surface area contributed by atoms with Crippen molar-refractivity contribution in [2.75, 3.05) is 18.5 Å². The minimum absolute atomic E-state index is 0.162. The first kappa shape index (κ1) is 20.6. The van der Waals surface area contributed by atoms with Crippen molar-refractivity contribution in [2.24, 2.45) is 0 Å². The van der Waals surface area contributed by atoms with Crippen molar-refractivity contribution in [2.45, 2.75) is 19.6 Å². The number of para-hydroxylation sites is 1. The Morgan fingerprint density at radius 1 is 1.07 bits per heavy atom. The van der Waals surface area contributed by atoms with Crippen LogP contribution in [0, 0.1) is 0 Å². The molecule has 0 fully saturated rings. The highest BCUT2D eigenvalue weighted by Gasteiger charge is 2.39. The Kier molecular flexibility index (Phi) is 6.57. The number of benzene rings is 2. The first-order valence-electron chi connectivity index (χ1n) is 8.90. The van der Waals surface area contributed by atoms with Crippen LogP contribution in [0.3, 0.4) is 0 Å². The third kappa shape index (κ3) is 4.31. The Bertz CT molecular complexity index is 1040. The lowest BCUT2D eigenvalue weighted by atomic mass is 10.1. The number of halogens is 1. The van der Waals surface area contributed by atoms with Gasteiger partial charge >= 0.3 is 7.60 Å². The number of rotatable bonds is 8. The van der Waals surface area contributed by atoms with Crippen LogP contribution in [0.5, 0.6) is 0 Å². The van der Waals surface area contributed by atoms with Gasteiger partial charge in [-0.3, -0.25) is 9.36 Å². The summed E-state index contributed by atoms with van der Waals surface area (Å²) < 4.78 is 30.2. The molecule has 0 aliphatic heterocycles. The summed E-state index contributed by atoms with van der Waals surface area (Å²) >= 11 is 5.95. The van der Waals surface area contributed by atoms with Crippen molar-refractivity contribution in [1.29, 1.82) is 0 Å². The lowest BCUT2D eigenvalue weighted by molar-refractivity contribution is 0.214. The number of hydrogen-bond donors (Lipinski definition) is 1. The first-order valence-corrected chi connectivity index (χ1v) is 10.9. The van der Waals surface area contributed by atoms with Crippen LogP contribution < -0.4 is 10.7 Å². The van der Waals surface area contributed by atoms with Gasteiger partial charge in [0.1, 0.15) is 11.8 Å². The lowest BCUT2D eigenvalue weighted by Crippen LogP contribution is -2.22. The molecule has 1 atom stereocenters. The Hall–Kier alpha value is -2.11. The van der Waals surface area contributed by atoms with E-state index in [-0.39, 0.29) is 24.2 Å². The largest absolute Gasteiger partial charge is 0.464 e. The van der Waals surface area contributed by atoms with Gasteiger partial charge in [-0.1, -0.05) is 23.7 Å². The highest BCUT2D eigenvalue weighted by molar-refractivity contribution is 7.54. The van der Waals surface area contributed by atoms with Crippen molar-refractivity contribution in [3.63, 3.8) is 0 Å². The van der Waals surface area contributed by atoms with E-state index in [0.29, 0.717) is 21.7 Å². The maximum atomic E-state index is 13.6. The number of hydrogen-bond acceptors (Lipinski definition) is 6. The van der Waals surface area contributed by atoms with Crippen LogP contribution in [-0.2, 0) is 13.6 Å². The van der Waals surface area contributed by atoms with Crippen LogP contribution in [0.2, 0.25) is 5.02 Å². The molecule has 1 unspecified atom stereocenters. The van der Waals surface area contributed by atoms with Crippen LogP contribution in [0.25, 0.3) is 11.0 Å². The van der Waals surface area contributed by atoms with Gasteiger partial charge < -0.3 is 18.8 Å². The molecular weight excluding hydrogens is 401 g/mol. The van der Waals surface area contributed by atoms with E-state index in [2.05, 4.69) is 5.32 Å². The van der Waals surface area contributed by atoms with Crippen LogP contribution >= 0.6 is 19.2 Å². The topological polar surface area (TPSA) is 77.8 Å².